The third-order valence-corrected chi connectivity index (χ3v) is 29.4. The highest BCUT2D eigenvalue weighted by molar-refractivity contribution is 7.48. The van der Waals surface area contributed by atoms with E-state index in [-0.39, 0.29) is 91.5 Å². The second-order valence-electron chi connectivity index (χ2n) is 40.8. The number of unbranched alkanes of at least 4 members (excludes halogenated alkanes) is 38. The molecule has 8 aromatic rings. The Balaban J connectivity index is 1.03. The number of benzene rings is 8. The largest absolute Gasteiger partial charge is 0.477 e. The molecule has 0 unspecified atom stereocenters. The number of amides is 2. The van der Waals surface area contributed by atoms with Crippen LogP contribution in [-0.4, -0.2) is 111 Å². The summed E-state index contributed by atoms with van der Waals surface area (Å²) in [7, 11) is -5.08. The molecular formula is C124H177F3N3O18P. The second-order valence-corrected chi connectivity index (χ2v) is 42.4. The first kappa shape index (κ1) is 122. The molecule has 2 aliphatic heterocycles. The van der Waals surface area contributed by atoms with E-state index < -0.39 is 111 Å². The highest BCUT2D eigenvalue weighted by Crippen LogP contribution is 2.55. The molecule has 2 saturated heterocycles. The summed E-state index contributed by atoms with van der Waals surface area (Å²) >= 11 is 0. The van der Waals surface area contributed by atoms with E-state index in [2.05, 4.69) is 31.4 Å². The molecule has 0 aromatic heterocycles. The fourth-order valence-electron chi connectivity index (χ4n) is 19.4. The molecule has 0 spiro atoms. The predicted octanol–water partition coefficient (Wildman–Crippen LogP) is 30.3. The molecule has 2 heterocycles. The van der Waals surface area contributed by atoms with Gasteiger partial charge in [0.05, 0.1) is 90.6 Å². The molecule has 0 bridgehead atoms. The van der Waals surface area contributed by atoms with Gasteiger partial charge in [0.15, 0.2) is 12.0 Å². The van der Waals surface area contributed by atoms with Crippen LogP contribution in [-0.2, 0) is 144 Å². The van der Waals surface area contributed by atoms with Crippen LogP contribution < -0.4 is 16.4 Å². The summed E-state index contributed by atoms with van der Waals surface area (Å²) in [5, 5.41) is 6.52. The van der Waals surface area contributed by atoms with E-state index in [9.17, 15) is 18.0 Å². The van der Waals surface area contributed by atoms with E-state index >= 15 is 14.2 Å². The maximum atomic E-state index is 16.5. The van der Waals surface area contributed by atoms with Crippen LogP contribution in [0.15, 0.2) is 237 Å². The van der Waals surface area contributed by atoms with Gasteiger partial charge >= 0.3 is 20.0 Å². The number of nitrogens with two attached hydrogens (primary N) is 1. The summed E-state index contributed by atoms with van der Waals surface area (Å²) in [4.78, 5) is 46.6. The molecule has 0 saturated carbocycles. The van der Waals surface area contributed by atoms with Gasteiger partial charge in [-0.25, -0.2) is 4.57 Å². The number of rotatable bonds is 83. The molecule has 4 N–H and O–H groups in total. The molecular weight excluding hydrogens is 1910 g/mol. The van der Waals surface area contributed by atoms with Crippen LogP contribution in [0.1, 0.15) is 366 Å². The highest BCUT2D eigenvalue weighted by Gasteiger charge is 2.61. The number of ether oxygens (including phenoxy) is 11. The van der Waals surface area contributed by atoms with Crippen LogP contribution in [0.2, 0.25) is 0 Å². The Morgan fingerprint density at radius 3 is 1.11 bits per heavy atom. The number of alkyl halides is 3. The van der Waals surface area contributed by atoms with Gasteiger partial charge in [0.1, 0.15) is 55.6 Å². The molecule has 21 nitrogen and oxygen atoms in total. The van der Waals surface area contributed by atoms with Crippen LogP contribution in [0.3, 0.4) is 0 Å². The SMILES string of the molecule is CCCCCCCCCCCCCCCCCC(=O)O[C@H](CCCCCCCCCCCCCCC)CC(=O)N[C@H]1[C@H](OC[C@H]2O[C@H](OP(=O)(OCc3ccccc3)OCc3ccccc3)[C@@](N)(NC(=O)C[C@@H](CCCCCCCCCCCCCCC)OCc3ccc(C(F)(F)F)cc3)[C@@H](OCc3ccccc3)[C@@H]2OCc2ccccc2)O[C@H](COCOCc2ccccc2)[C@@H](OCc2ccccc2)[C@@H]1OCc1ccccc1. The first-order valence-electron chi connectivity index (χ1n) is 56.7. The van der Waals surface area contributed by atoms with Crippen molar-refractivity contribution in [3.05, 3.63) is 287 Å². The number of halogens is 3. The lowest BCUT2D eigenvalue weighted by Crippen LogP contribution is -2.79. The number of hydrogen-bond acceptors (Lipinski definition) is 19. The molecule has 0 radical (unpaired) electrons. The second kappa shape index (κ2) is 73.8. The maximum Gasteiger partial charge on any atom is 0.477 e. The monoisotopic (exact) mass is 2080 g/mol. The van der Waals surface area contributed by atoms with Crippen molar-refractivity contribution in [2.75, 3.05) is 20.0 Å². The molecule has 0 aliphatic carbocycles. The fourth-order valence-corrected chi connectivity index (χ4v) is 20.7. The van der Waals surface area contributed by atoms with E-state index in [4.69, 9.17) is 71.4 Å². The van der Waals surface area contributed by atoms with Crippen molar-refractivity contribution in [1.82, 2.24) is 10.6 Å². The van der Waals surface area contributed by atoms with Crippen molar-refractivity contribution >= 4 is 25.6 Å². The van der Waals surface area contributed by atoms with Crippen LogP contribution >= 0.6 is 7.82 Å². The van der Waals surface area contributed by atoms with E-state index in [0.717, 1.165) is 112 Å². The van der Waals surface area contributed by atoms with Crippen molar-refractivity contribution in [2.24, 2.45) is 5.73 Å². The van der Waals surface area contributed by atoms with Crippen molar-refractivity contribution in [1.29, 1.82) is 0 Å². The smallest absolute Gasteiger partial charge is 0.462 e. The van der Waals surface area contributed by atoms with Crippen LogP contribution in [0.4, 0.5) is 13.2 Å². The molecule has 10 rings (SSSR count). The van der Waals surface area contributed by atoms with Gasteiger partial charge < -0.3 is 68.5 Å². The zero-order chi connectivity index (χ0) is 105. The Bertz CT molecular complexity index is 4740. The number of esters is 1. The minimum absolute atomic E-state index is 0.0112. The van der Waals surface area contributed by atoms with Crippen molar-refractivity contribution < 1.29 is 97.8 Å². The van der Waals surface area contributed by atoms with Gasteiger partial charge in [-0.15, -0.1) is 0 Å². The van der Waals surface area contributed by atoms with Gasteiger partial charge in [-0.1, -0.05) is 496 Å². The first-order valence-corrected chi connectivity index (χ1v) is 58.2. The zero-order valence-corrected chi connectivity index (χ0v) is 90.6. The lowest BCUT2D eigenvalue weighted by atomic mass is 9.90. The predicted molar refractivity (Wildman–Crippen MR) is 583 cm³/mol. The fraction of sp³-hybridized carbons (Fsp3) is 0.589. The number of nitrogens with one attached hydrogen (secondary N) is 2. The van der Waals surface area contributed by atoms with E-state index in [1.807, 2.05) is 188 Å². The van der Waals surface area contributed by atoms with Gasteiger partial charge in [0.25, 0.3) is 0 Å². The topological polar surface area (TPSA) is 248 Å². The molecule has 2 amide bonds. The van der Waals surface area contributed by atoms with Crippen molar-refractivity contribution in [3.63, 3.8) is 0 Å². The van der Waals surface area contributed by atoms with E-state index in [1.165, 1.54) is 179 Å². The molecule has 822 valence electrons. The van der Waals surface area contributed by atoms with Gasteiger partial charge in [-0.2, -0.15) is 13.2 Å². The third-order valence-electron chi connectivity index (χ3n) is 28.1. The quantitative estimate of drug-likeness (QED) is 0.0139. The minimum atomic E-state index is -5.08. The summed E-state index contributed by atoms with van der Waals surface area (Å²) in [5.74, 6) is -1.55. The molecule has 8 aromatic carbocycles. The van der Waals surface area contributed by atoms with Gasteiger partial charge in [-0.3, -0.25) is 28.0 Å². The maximum absolute atomic E-state index is 16.5. The van der Waals surface area contributed by atoms with Gasteiger partial charge in [0.2, 0.25) is 18.1 Å². The Kier molecular flexibility index (Phi) is 60.7. The molecule has 149 heavy (non-hydrogen) atoms. The summed E-state index contributed by atoms with van der Waals surface area (Å²) in [6, 6.07) is 69.4. The van der Waals surface area contributed by atoms with Gasteiger partial charge in [-0.05, 0) is 82.3 Å². The van der Waals surface area contributed by atoms with Crippen LogP contribution in [0, 0.1) is 0 Å². The number of phosphoric acid groups is 1. The Morgan fingerprint density at radius 2 is 0.705 bits per heavy atom. The number of phosphoric ester groups is 1. The average Bonchev–Trinajstić information content (AvgIpc) is 0.741. The third kappa shape index (κ3) is 49.7. The summed E-state index contributed by atoms with van der Waals surface area (Å²) in [6.07, 6.45) is 29.9. The highest BCUT2D eigenvalue weighted by atomic mass is 31.2. The first-order chi connectivity index (χ1) is 73.0. The lowest BCUT2D eigenvalue weighted by Gasteiger charge is -2.52. The van der Waals surface area contributed by atoms with Gasteiger partial charge in [0, 0.05) is 6.42 Å². The minimum Gasteiger partial charge on any atom is -0.462 e. The Hall–Kier alpha value is -8.37. The number of carbonyl (C=O) groups is 3. The standard InChI is InChI=1S/C124H177F3N3O18P/c1-4-7-10-13-16-19-22-25-26-29-32-35-38-41-65-82-115(133)145-110(81-64-40-37-34-31-28-24-21-18-15-12-9-6-3)88-113(131)129-116-119(140-93-103-72-55-45-56-73-103)117(138-91-101-68-51-43-52-69-101)111(97-136-99-135-89-100-66-49-42-50-67-100)146-121(116)142-98-112-118(139-92-102-70-53-44-54-71-102)120(141-94-104-74-57-46-58-75-104)123(128,122(147-112)148-149(134,143-95-105-76-59-47-60-77-105)144-96-106-78-61-48-62-79-106)130-114(132)87-109(137-90-107-83-85-108(86-84-107)124(125,126)127)80-63-39-36-33-30-27-23-20-17-14-11-8-5-2/h42-62,66-79,83-86,109-112,116-122H,4-41,63-65,80-82,87-99,128H2,1-3H3,(H,129,131)(H,130,132)/t109-,110-,111-,112-,116-,117-,118-,119-,120+,121-,122-,123+/m1/s1. The molecule has 12 atom stereocenters. The van der Waals surface area contributed by atoms with Crippen LogP contribution in [0.5, 0.6) is 0 Å². The lowest BCUT2D eigenvalue weighted by molar-refractivity contribution is -0.324. The van der Waals surface area contributed by atoms with Crippen molar-refractivity contribution in [2.45, 2.75) is 448 Å². The normalized spacial score (nSPS) is 18.9. The summed E-state index contributed by atoms with van der Waals surface area (Å²) in [6.45, 7) is 5.11. The Morgan fingerprint density at radius 1 is 0.362 bits per heavy atom. The average molecular weight is 2090 g/mol. The number of carbonyl (C=O) groups excluding carboxylic acids is 3. The summed E-state index contributed by atoms with van der Waals surface area (Å²) in [5.41, 5.74) is 10.5. The summed E-state index contributed by atoms with van der Waals surface area (Å²) < 4.78 is 156. The van der Waals surface area contributed by atoms with Crippen molar-refractivity contribution in [3.8, 4) is 0 Å². The molecule has 2 aliphatic rings. The Labute approximate surface area is 889 Å². The van der Waals surface area contributed by atoms with Crippen LogP contribution in [0.25, 0.3) is 0 Å². The number of hydrogen-bond donors (Lipinski definition) is 3. The molecule has 25 heteroatoms. The van der Waals surface area contributed by atoms with E-state index in [0.29, 0.717) is 53.5 Å². The molecule has 2 fully saturated rings. The van der Waals surface area contributed by atoms with E-state index in [1.54, 1.807) is 24.3 Å². The zero-order valence-electron chi connectivity index (χ0n) is 89.7.